The topological polar surface area (TPSA) is 42.9 Å². The minimum atomic E-state index is 0.151. The van der Waals surface area contributed by atoms with Crippen LogP contribution in [0.2, 0.25) is 0 Å². The molecule has 1 rings (SSSR count). The van der Waals surface area contributed by atoms with Gasteiger partial charge >= 0.3 is 0 Å². The monoisotopic (exact) mass is 152 g/mol. The van der Waals surface area contributed by atoms with Crippen LogP contribution in [-0.4, -0.2) is 12.0 Å². The summed E-state index contributed by atoms with van der Waals surface area (Å²) in [6.07, 6.45) is 0. The van der Waals surface area contributed by atoms with Gasteiger partial charge in [-0.2, -0.15) is 0 Å². The highest BCUT2D eigenvalue weighted by Crippen LogP contribution is 2.07. The summed E-state index contributed by atoms with van der Waals surface area (Å²) in [6, 6.07) is 0. The van der Waals surface area contributed by atoms with Gasteiger partial charge < -0.3 is 4.84 Å². The lowest BCUT2D eigenvalue weighted by Gasteiger charge is -2.09. The van der Waals surface area contributed by atoms with Crippen molar-refractivity contribution < 1.29 is 9.68 Å². The molecular weight excluding hydrogens is 148 g/mol. The van der Waals surface area contributed by atoms with Gasteiger partial charge in [0.1, 0.15) is 0 Å². The molecule has 0 spiro atoms. The normalized spacial score (nSPS) is 18.4. The summed E-state index contributed by atoms with van der Waals surface area (Å²) in [6.45, 7) is 0.151. The highest BCUT2D eigenvalue weighted by Gasteiger charge is 2.01. The van der Waals surface area contributed by atoms with E-state index in [0.29, 0.717) is 5.17 Å². The zero-order valence-electron chi connectivity index (χ0n) is 3.83. The fraction of sp³-hybridized carbons (Fsp3) is 0.500. The van der Waals surface area contributed by atoms with Gasteiger partial charge in [0.2, 0.25) is 12.0 Å². The molecule has 1 heterocycles. The predicted octanol–water partition coefficient (Wildman–Crippen LogP) is 0.344. The molecule has 0 unspecified atom stereocenters. The van der Waals surface area contributed by atoms with Crippen LogP contribution in [0.25, 0.3) is 0 Å². The molecule has 0 atom stereocenters. The van der Waals surface area contributed by atoms with E-state index in [9.17, 15) is 0 Å². The number of rotatable bonds is 0. The van der Waals surface area contributed by atoms with Gasteiger partial charge in [0.05, 0.1) is 0 Å². The quantitative estimate of drug-likeness (QED) is 0.388. The second-order valence-electron chi connectivity index (χ2n) is 0.981. The summed E-state index contributed by atoms with van der Waals surface area (Å²) >= 11 is 3.83. The molecule has 0 aliphatic carbocycles. The van der Waals surface area contributed by atoms with Gasteiger partial charge in [-0.05, 0) is 10.8 Å². The van der Waals surface area contributed by atoms with Crippen LogP contribution < -0.4 is 5.48 Å². The lowest BCUT2D eigenvalue weighted by Crippen LogP contribution is -2.25. The number of hydroxylamine groups is 1. The van der Waals surface area contributed by atoms with Crippen molar-refractivity contribution in [2.45, 2.75) is 0 Å². The maximum Gasteiger partial charge on any atom is 0.240 e. The maximum absolute atomic E-state index is 4.60. The van der Waals surface area contributed by atoms with Crippen LogP contribution >= 0.6 is 22.5 Å². The summed E-state index contributed by atoms with van der Waals surface area (Å²) in [5.74, 6) is 0. The second kappa shape index (κ2) is 3.06. The van der Waals surface area contributed by atoms with Gasteiger partial charge in [0.15, 0.2) is 0 Å². The Morgan fingerprint density at radius 3 is 3.12 bits per heavy atom. The summed E-state index contributed by atoms with van der Waals surface area (Å²) in [5, 5.41) is 4.03. The van der Waals surface area contributed by atoms with Crippen molar-refractivity contribution in [3.05, 3.63) is 0 Å². The third-order valence-electron chi connectivity index (χ3n) is 0.505. The van der Waals surface area contributed by atoms with Gasteiger partial charge in [0.25, 0.3) is 0 Å². The van der Waals surface area contributed by atoms with E-state index in [1.807, 2.05) is 0 Å². The van der Waals surface area contributed by atoms with E-state index in [1.54, 1.807) is 0 Å². The van der Waals surface area contributed by atoms with Crippen LogP contribution in [0.3, 0.4) is 0 Å². The van der Waals surface area contributed by atoms with Crippen LogP contribution in [0.4, 0.5) is 0 Å². The molecule has 0 aromatic rings. The lowest BCUT2D eigenvalue weighted by atomic mass is 11.3. The summed E-state index contributed by atoms with van der Waals surface area (Å²) in [7, 11) is 1.13. The molecule has 0 radical (unpaired) electrons. The molecule has 1 aliphatic rings. The van der Waals surface area contributed by atoms with Gasteiger partial charge in [-0.15, -0.1) is 11.7 Å². The molecule has 0 saturated heterocycles. The molecule has 1 N–H and O–H groups in total. The Labute approximate surface area is 55.4 Å². The lowest BCUT2D eigenvalue weighted by molar-refractivity contribution is -0.0960. The zero-order chi connectivity index (χ0) is 5.82. The van der Waals surface area contributed by atoms with Crippen LogP contribution in [0.1, 0.15) is 0 Å². The second-order valence-corrected chi connectivity index (χ2v) is 2.10. The minimum Gasteiger partial charge on any atom is -0.362 e. The fourth-order valence-electron chi connectivity index (χ4n) is 0.256. The summed E-state index contributed by atoms with van der Waals surface area (Å²) in [4.78, 5) is 9.11. The van der Waals surface area contributed by atoms with Gasteiger partial charge in [0, 0.05) is 0 Å². The molecule has 0 aromatic heterocycles. The zero-order valence-corrected chi connectivity index (χ0v) is 5.54. The van der Waals surface area contributed by atoms with Crippen molar-refractivity contribution in [3.63, 3.8) is 0 Å². The Bertz CT molecular complexity index is 106. The van der Waals surface area contributed by atoms with E-state index < -0.39 is 0 Å². The standard InChI is InChI=1S/C2H4N2O2S2/c7-8-2-3-5-1-6-4-2/h7H,1H2,(H,3,4). The smallest absolute Gasteiger partial charge is 0.240 e. The fourth-order valence-corrected chi connectivity index (χ4v) is 0.651. The number of nitrogens with one attached hydrogen (secondary N) is 1. The third kappa shape index (κ3) is 1.46. The predicted molar refractivity (Wildman–Crippen MR) is 34.2 cm³/mol. The molecule has 1 aliphatic heterocycles. The van der Waals surface area contributed by atoms with E-state index in [4.69, 9.17) is 0 Å². The number of thiol groups is 1. The van der Waals surface area contributed by atoms with Crippen molar-refractivity contribution in [1.82, 2.24) is 5.48 Å². The van der Waals surface area contributed by atoms with E-state index in [0.717, 1.165) is 10.8 Å². The minimum absolute atomic E-state index is 0.151. The van der Waals surface area contributed by atoms with Crippen LogP contribution in [0.15, 0.2) is 5.16 Å². The molecule has 0 amide bonds. The number of oxime groups is 1. The molecule has 0 saturated carbocycles. The Morgan fingerprint density at radius 2 is 2.75 bits per heavy atom. The van der Waals surface area contributed by atoms with Crippen molar-refractivity contribution in [1.29, 1.82) is 0 Å². The molecule has 4 nitrogen and oxygen atoms in total. The SMILES string of the molecule is SSC1=NOCON1. The summed E-state index contributed by atoms with van der Waals surface area (Å²) in [5.41, 5.74) is 2.48. The van der Waals surface area contributed by atoms with Crippen LogP contribution in [-0.2, 0) is 9.68 Å². The largest absolute Gasteiger partial charge is 0.362 e. The van der Waals surface area contributed by atoms with Gasteiger partial charge in [-0.25, -0.2) is 10.3 Å². The molecule has 0 fully saturated rings. The average molecular weight is 152 g/mol. The van der Waals surface area contributed by atoms with E-state index in [-0.39, 0.29) is 6.79 Å². The Kier molecular flexibility index (Phi) is 2.31. The molecule has 6 heteroatoms. The molecule has 8 heavy (non-hydrogen) atoms. The van der Waals surface area contributed by atoms with Crippen LogP contribution in [0.5, 0.6) is 0 Å². The van der Waals surface area contributed by atoms with Crippen molar-refractivity contribution in [2.75, 3.05) is 6.79 Å². The van der Waals surface area contributed by atoms with Crippen molar-refractivity contribution >= 4 is 27.6 Å². The molecule has 46 valence electrons. The third-order valence-corrected chi connectivity index (χ3v) is 1.35. The van der Waals surface area contributed by atoms with Crippen LogP contribution in [0, 0.1) is 0 Å². The number of amidine groups is 1. The first-order valence-electron chi connectivity index (χ1n) is 1.82. The average Bonchev–Trinajstić information content (AvgIpc) is 1.90. The highest BCUT2D eigenvalue weighted by atomic mass is 33.1. The van der Waals surface area contributed by atoms with E-state index >= 15 is 0 Å². The van der Waals surface area contributed by atoms with Crippen molar-refractivity contribution in [2.24, 2.45) is 5.16 Å². The van der Waals surface area contributed by atoms with Crippen molar-refractivity contribution in [3.8, 4) is 0 Å². The van der Waals surface area contributed by atoms with Gasteiger partial charge in [-0.3, -0.25) is 0 Å². The Morgan fingerprint density at radius 1 is 1.88 bits per heavy atom. The molecule has 0 aromatic carbocycles. The first kappa shape index (κ1) is 6.06. The number of hydrogen-bond donors (Lipinski definition) is 2. The Hall–Kier alpha value is -0.0700. The summed E-state index contributed by atoms with van der Waals surface area (Å²) < 4.78 is 0. The van der Waals surface area contributed by atoms with E-state index in [2.05, 4.69) is 32.0 Å². The highest BCUT2D eigenvalue weighted by molar-refractivity contribution is 8.74. The van der Waals surface area contributed by atoms with E-state index in [1.165, 1.54) is 0 Å². The first-order valence-corrected chi connectivity index (χ1v) is 3.69. The molecular formula is C2H4N2O2S2. The Balaban J connectivity index is 2.37. The number of nitrogens with zero attached hydrogens (tertiary/aromatic N) is 1. The first-order chi connectivity index (χ1) is 3.93. The maximum atomic E-state index is 4.60. The number of hydrogen-bond acceptors (Lipinski definition) is 6. The van der Waals surface area contributed by atoms with Gasteiger partial charge in [-0.1, -0.05) is 5.16 Å². The molecule has 0 bridgehead atoms.